The van der Waals surface area contributed by atoms with Crippen LogP contribution >= 0.6 is 0 Å². The van der Waals surface area contributed by atoms with Gasteiger partial charge in [0.15, 0.2) is 0 Å². The summed E-state index contributed by atoms with van der Waals surface area (Å²) in [5, 5.41) is 1.95. The predicted octanol–water partition coefficient (Wildman–Crippen LogP) is 5.53. The van der Waals surface area contributed by atoms with Crippen molar-refractivity contribution in [3.8, 4) is 0 Å². The number of primary amides is 1. The van der Waals surface area contributed by atoms with Gasteiger partial charge in [-0.3, -0.25) is 9.59 Å². The van der Waals surface area contributed by atoms with Gasteiger partial charge in [0, 0.05) is 48.8 Å². The van der Waals surface area contributed by atoms with Crippen LogP contribution in [0.4, 0.5) is 11.5 Å². The average molecular weight is 510 g/mol. The molecule has 1 unspecified atom stereocenters. The number of aromatic nitrogens is 2. The number of benzene rings is 2. The molecule has 0 bridgehead atoms. The Kier molecular flexibility index (Phi) is 5.70. The van der Waals surface area contributed by atoms with Gasteiger partial charge in [-0.1, -0.05) is 51.1 Å². The molecule has 0 saturated carbocycles. The first-order valence-electron chi connectivity index (χ1n) is 13.5. The number of pyridine rings is 1. The molecule has 1 spiro atoms. The molecule has 2 aliphatic heterocycles. The molecule has 1 atom stereocenters. The summed E-state index contributed by atoms with van der Waals surface area (Å²) in [6.45, 7) is 8.96. The van der Waals surface area contributed by atoms with Crippen molar-refractivity contribution in [2.24, 2.45) is 11.1 Å². The van der Waals surface area contributed by atoms with Gasteiger partial charge in [-0.25, -0.2) is 4.98 Å². The van der Waals surface area contributed by atoms with Crippen molar-refractivity contribution < 1.29 is 9.59 Å². The highest BCUT2D eigenvalue weighted by atomic mass is 16.2. The van der Waals surface area contributed by atoms with Crippen LogP contribution in [-0.2, 0) is 10.2 Å². The molecule has 38 heavy (non-hydrogen) atoms. The fourth-order valence-corrected chi connectivity index (χ4v) is 6.39. The molecule has 6 rings (SSSR count). The Morgan fingerprint density at radius 1 is 1.05 bits per heavy atom. The fourth-order valence-electron chi connectivity index (χ4n) is 6.39. The minimum Gasteiger partial charge on any atom is -0.365 e. The van der Waals surface area contributed by atoms with Crippen LogP contribution in [-0.4, -0.2) is 41.4 Å². The van der Waals surface area contributed by atoms with Crippen molar-refractivity contribution in [3.05, 3.63) is 65.9 Å². The van der Waals surface area contributed by atoms with Crippen molar-refractivity contribution >= 4 is 45.1 Å². The first kappa shape index (κ1) is 24.5. The van der Waals surface area contributed by atoms with Crippen molar-refractivity contribution in [3.63, 3.8) is 0 Å². The van der Waals surface area contributed by atoms with E-state index in [4.69, 9.17) is 10.7 Å². The molecular weight excluding hydrogens is 474 g/mol. The van der Waals surface area contributed by atoms with E-state index in [0.29, 0.717) is 12.0 Å². The highest BCUT2D eigenvalue weighted by molar-refractivity contribution is 6.18. The fraction of sp³-hybridized carbons (Fsp3) is 0.387. The van der Waals surface area contributed by atoms with E-state index in [-0.39, 0.29) is 16.7 Å². The highest BCUT2D eigenvalue weighted by Gasteiger charge is 2.43. The van der Waals surface area contributed by atoms with Crippen LogP contribution in [0.5, 0.6) is 0 Å². The molecule has 0 radical (unpaired) electrons. The molecule has 2 amide bonds. The van der Waals surface area contributed by atoms with Gasteiger partial charge in [-0.2, -0.15) is 0 Å². The Morgan fingerprint density at radius 3 is 2.53 bits per heavy atom. The van der Waals surface area contributed by atoms with Gasteiger partial charge in [0.05, 0.1) is 16.5 Å². The Bertz CT molecular complexity index is 1550. The molecule has 2 saturated heterocycles. The van der Waals surface area contributed by atoms with Crippen molar-refractivity contribution in [1.29, 1.82) is 0 Å². The maximum absolute atomic E-state index is 13.5. The number of rotatable bonds is 3. The third-order valence-electron chi connectivity index (χ3n) is 8.48. The number of piperidine rings is 2. The minimum atomic E-state index is -0.496. The summed E-state index contributed by atoms with van der Waals surface area (Å²) < 4.78 is 0. The number of carbonyl (C=O) groups is 2. The zero-order valence-corrected chi connectivity index (χ0v) is 22.4. The number of hydrogen-bond donors (Lipinski definition) is 2. The smallest absolute Gasteiger partial charge is 0.252 e. The zero-order chi connectivity index (χ0) is 26.7. The molecule has 7 nitrogen and oxygen atoms in total. The second-order valence-electron chi connectivity index (χ2n) is 12.1. The summed E-state index contributed by atoms with van der Waals surface area (Å²) in [5.74, 6) is 0.550. The maximum Gasteiger partial charge on any atom is 0.252 e. The van der Waals surface area contributed by atoms with E-state index >= 15 is 0 Å². The molecule has 2 aliphatic rings. The zero-order valence-electron chi connectivity index (χ0n) is 22.4. The van der Waals surface area contributed by atoms with E-state index in [2.05, 4.69) is 61.0 Å². The van der Waals surface area contributed by atoms with E-state index < -0.39 is 5.91 Å². The average Bonchev–Trinajstić information content (AvgIpc) is 3.27. The first-order valence-corrected chi connectivity index (χ1v) is 13.5. The number of nitrogens with one attached hydrogen (secondary N) is 1. The van der Waals surface area contributed by atoms with E-state index in [1.54, 1.807) is 6.20 Å². The number of H-pyrrole nitrogens is 1. The molecule has 4 aromatic rings. The Labute approximate surface area is 223 Å². The third-order valence-corrected chi connectivity index (χ3v) is 8.48. The van der Waals surface area contributed by atoms with Crippen LogP contribution < -0.4 is 15.5 Å². The van der Waals surface area contributed by atoms with Crippen molar-refractivity contribution in [2.75, 3.05) is 29.4 Å². The summed E-state index contributed by atoms with van der Waals surface area (Å²) in [6, 6.07) is 16.5. The number of anilines is 2. The number of amides is 2. The van der Waals surface area contributed by atoms with Gasteiger partial charge in [0.25, 0.3) is 5.91 Å². The van der Waals surface area contributed by atoms with Gasteiger partial charge >= 0.3 is 0 Å². The first-order chi connectivity index (χ1) is 18.2. The lowest BCUT2D eigenvalue weighted by Crippen LogP contribution is -2.52. The summed E-state index contributed by atoms with van der Waals surface area (Å²) in [7, 11) is 0. The summed E-state index contributed by atoms with van der Waals surface area (Å²) in [6.07, 6.45) is 5.10. The van der Waals surface area contributed by atoms with Gasteiger partial charge in [0.2, 0.25) is 5.91 Å². The molecule has 2 fully saturated rings. The van der Waals surface area contributed by atoms with Crippen molar-refractivity contribution in [2.45, 2.75) is 51.9 Å². The SMILES string of the molecule is CC(C)(C)c1ccc(N2CCC3(CCCN(c4ncc(C(N)=O)c5[nH]c6ccccc6c45)C3)CC2=O)cc1. The lowest BCUT2D eigenvalue weighted by atomic mass is 9.72. The number of carbonyl (C=O) groups excluding carboxylic acids is 2. The number of hydrogen-bond acceptors (Lipinski definition) is 4. The third kappa shape index (κ3) is 4.10. The number of nitrogens with two attached hydrogens (primary N) is 1. The van der Waals surface area contributed by atoms with Gasteiger partial charge < -0.3 is 20.5 Å². The molecule has 196 valence electrons. The number of fused-ring (bicyclic) bond motifs is 3. The normalized spacial score (nSPS) is 20.6. The van der Waals surface area contributed by atoms with Crippen LogP contribution in [0.2, 0.25) is 0 Å². The van der Waals surface area contributed by atoms with Crippen LogP contribution in [0.15, 0.2) is 54.7 Å². The predicted molar refractivity (Wildman–Crippen MR) is 153 cm³/mol. The molecule has 2 aromatic carbocycles. The monoisotopic (exact) mass is 509 g/mol. The van der Waals surface area contributed by atoms with Crippen LogP contribution in [0, 0.1) is 5.41 Å². The van der Waals surface area contributed by atoms with Gasteiger partial charge in [-0.15, -0.1) is 0 Å². The molecule has 7 heteroatoms. The molecular formula is C31H35N5O2. The van der Waals surface area contributed by atoms with E-state index in [0.717, 1.165) is 72.2 Å². The number of aromatic amines is 1. The second kappa shape index (κ2) is 8.86. The van der Waals surface area contributed by atoms with E-state index in [9.17, 15) is 9.59 Å². The molecule has 4 heterocycles. The van der Waals surface area contributed by atoms with Crippen LogP contribution in [0.1, 0.15) is 62.4 Å². The van der Waals surface area contributed by atoms with Crippen molar-refractivity contribution in [1.82, 2.24) is 9.97 Å². The van der Waals surface area contributed by atoms with Crippen LogP contribution in [0.25, 0.3) is 21.8 Å². The largest absolute Gasteiger partial charge is 0.365 e. The molecule has 3 N–H and O–H groups in total. The Hall–Kier alpha value is -3.87. The summed E-state index contributed by atoms with van der Waals surface area (Å²) >= 11 is 0. The Balaban J connectivity index is 1.29. The lowest BCUT2D eigenvalue weighted by molar-refractivity contribution is -0.123. The minimum absolute atomic E-state index is 0.0833. The molecule has 2 aromatic heterocycles. The van der Waals surface area contributed by atoms with Crippen LogP contribution in [0.3, 0.4) is 0 Å². The molecule has 0 aliphatic carbocycles. The second-order valence-corrected chi connectivity index (χ2v) is 12.1. The lowest BCUT2D eigenvalue weighted by Gasteiger charge is -2.47. The summed E-state index contributed by atoms with van der Waals surface area (Å²) in [5.41, 5.74) is 10.0. The Morgan fingerprint density at radius 2 is 1.82 bits per heavy atom. The summed E-state index contributed by atoms with van der Waals surface area (Å²) in [4.78, 5) is 38.1. The standard InChI is InChI=1S/C31H35N5O2/c1-30(2,3)20-9-11-21(12-10-20)36-16-14-31(17-25(36)37)13-6-15-35(19-31)29-26-22-7-4-5-8-24(22)34-27(26)23(18-33-29)28(32)38/h4-5,7-12,18,34H,6,13-17,19H2,1-3H3,(H2,32,38). The van der Waals surface area contributed by atoms with Gasteiger partial charge in [-0.05, 0) is 53.9 Å². The maximum atomic E-state index is 13.5. The van der Waals surface area contributed by atoms with Gasteiger partial charge in [0.1, 0.15) is 5.82 Å². The number of nitrogens with zero attached hydrogens (tertiary/aromatic N) is 3. The van der Waals surface area contributed by atoms with E-state index in [1.165, 1.54) is 5.56 Å². The van der Waals surface area contributed by atoms with E-state index in [1.807, 2.05) is 23.1 Å². The highest BCUT2D eigenvalue weighted by Crippen LogP contribution is 2.44. The topological polar surface area (TPSA) is 95.3 Å². The quantitative estimate of drug-likeness (QED) is 0.380. The number of para-hydroxylation sites is 1.